The summed E-state index contributed by atoms with van der Waals surface area (Å²) in [5.74, 6) is 0. The van der Waals surface area contributed by atoms with Crippen molar-refractivity contribution in [3.63, 3.8) is 0 Å². The summed E-state index contributed by atoms with van der Waals surface area (Å²) in [4.78, 5) is 0. The molecular formula is C19H19NOS. The molecule has 1 aliphatic heterocycles. The summed E-state index contributed by atoms with van der Waals surface area (Å²) in [5.41, 5.74) is 4.60. The van der Waals surface area contributed by atoms with Crippen LogP contribution in [-0.4, -0.2) is 17.8 Å². The molecule has 0 N–H and O–H groups in total. The second-order valence-electron chi connectivity index (χ2n) is 5.42. The lowest BCUT2D eigenvalue weighted by Crippen LogP contribution is -2.19. The summed E-state index contributed by atoms with van der Waals surface area (Å²) in [6.45, 7) is 4.12. The quantitative estimate of drug-likeness (QED) is 0.734. The van der Waals surface area contributed by atoms with E-state index < -0.39 is 0 Å². The van der Waals surface area contributed by atoms with E-state index in [1.807, 2.05) is 18.3 Å². The van der Waals surface area contributed by atoms with E-state index in [2.05, 4.69) is 66.8 Å². The second-order valence-corrected chi connectivity index (χ2v) is 6.27. The highest BCUT2D eigenvalue weighted by atomic mass is 32.2. The summed E-state index contributed by atoms with van der Waals surface area (Å²) >= 11 is 1.48. The molecule has 2 aromatic rings. The van der Waals surface area contributed by atoms with E-state index >= 15 is 0 Å². The Balaban J connectivity index is 2.13. The van der Waals surface area contributed by atoms with Gasteiger partial charge in [-0.3, -0.25) is 0 Å². The van der Waals surface area contributed by atoms with E-state index in [-0.39, 0.29) is 11.5 Å². The molecular weight excluding hydrogens is 290 g/mol. The van der Waals surface area contributed by atoms with E-state index in [1.54, 1.807) is 0 Å². The van der Waals surface area contributed by atoms with Crippen molar-refractivity contribution in [1.29, 1.82) is 0 Å². The van der Waals surface area contributed by atoms with Gasteiger partial charge < -0.3 is 4.74 Å². The largest absolute Gasteiger partial charge is 0.358 e. The number of nitrogens with zero attached hydrogens (tertiary/aromatic N) is 1. The van der Waals surface area contributed by atoms with Crippen molar-refractivity contribution in [3.05, 3.63) is 71.8 Å². The third-order valence-electron chi connectivity index (χ3n) is 3.43. The van der Waals surface area contributed by atoms with Crippen molar-refractivity contribution >= 4 is 29.3 Å². The van der Waals surface area contributed by atoms with Crippen LogP contribution < -0.4 is 0 Å². The minimum Gasteiger partial charge on any atom is -0.358 e. The van der Waals surface area contributed by atoms with Crippen LogP contribution in [0, 0.1) is 0 Å². The molecule has 22 heavy (non-hydrogen) atoms. The SMILES string of the molecule is CC(C)OC1SN=CC(c2ccccc2)=C1c1ccccc1. The van der Waals surface area contributed by atoms with Gasteiger partial charge in [-0.25, -0.2) is 4.40 Å². The van der Waals surface area contributed by atoms with Crippen LogP contribution in [0.2, 0.25) is 0 Å². The molecule has 112 valence electrons. The highest BCUT2D eigenvalue weighted by molar-refractivity contribution is 7.99. The van der Waals surface area contributed by atoms with Crippen molar-refractivity contribution < 1.29 is 4.74 Å². The molecule has 0 fully saturated rings. The molecule has 3 rings (SSSR count). The van der Waals surface area contributed by atoms with Crippen LogP contribution in [-0.2, 0) is 4.74 Å². The Kier molecular flexibility index (Phi) is 4.76. The van der Waals surface area contributed by atoms with Crippen molar-refractivity contribution in [1.82, 2.24) is 0 Å². The topological polar surface area (TPSA) is 21.6 Å². The van der Waals surface area contributed by atoms with Gasteiger partial charge in [0.25, 0.3) is 0 Å². The first kappa shape index (κ1) is 15.1. The Hall–Kier alpha value is -1.84. The first-order valence-electron chi connectivity index (χ1n) is 7.45. The second kappa shape index (κ2) is 6.95. The van der Waals surface area contributed by atoms with E-state index in [0.717, 1.165) is 5.57 Å². The lowest BCUT2D eigenvalue weighted by Gasteiger charge is -2.26. The molecule has 0 radical (unpaired) electrons. The number of benzene rings is 2. The first-order valence-corrected chi connectivity index (χ1v) is 8.29. The van der Waals surface area contributed by atoms with E-state index in [1.165, 1.54) is 28.6 Å². The van der Waals surface area contributed by atoms with Gasteiger partial charge in [-0.2, -0.15) is 0 Å². The fraction of sp³-hybridized carbons (Fsp3) is 0.211. The first-order chi connectivity index (χ1) is 10.8. The lowest BCUT2D eigenvalue weighted by molar-refractivity contribution is 0.0878. The van der Waals surface area contributed by atoms with Crippen LogP contribution in [0.15, 0.2) is 65.1 Å². The molecule has 0 saturated heterocycles. The van der Waals surface area contributed by atoms with Gasteiger partial charge in [-0.1, -0.05) is 60.7 Å². The number of ether oxygens (including phenoxy) is 1. The Morgan fingerprint density at radius 1 is 0.909 bits per heavy atom. The lowest BCUT2D eigenvalue weighted by atomic mass is 9.95. The Bertz CT molecular complexity index is 677. The zero-order valence-electron chi connectivity index (χ0n) is 12.8. The standard InChI is InChI=1S/C19H19NOS/c1-14(2)21-19-18(16-11-7-4-8-12-16)17(13-20-22-19)15-9-5-3-6-10-15/h3-14,19H,1-2H3. The van der Waals surface area contributed by atoms with Crippen molar-refractivity contribution in [3.8, 4) is 0 Å². The van der Waals surface area contributed by atoms with Crippen LogP contribution in [0.5, 0.6) is 0 Å². The third-order valence-corrected chi connectivity index (χ3v) is 4.20. The Labute approximate surface area is 136 Å². The summed E-state index contributed by atoms with van der Waals surface area (Å²) in [5, 5.41) is 0. The van der Waals surface area contributed by atoms with E-state index in [9.17, 15) is 0 Å². The molecule has 1 unspecified atom stereocenters. The maximum Gasteiger partial charge on any atom is 0.151 e. The normalized spacial score (nSPS) is 18.0. The molecule has 0 spiro atoms. The van der Waals surface area contributed by atoms with Gasteiger partial charge >= 0.3 is 0 Å². The molecule has 0 aliphatic carbocycles. The van der Waals surface area contributed by atoms with Crippen molar-refractivity contribution in [2.24, 2.45) is 4.40 Å². The maximum absolute atomic E-state index is 6.10. The van der Waals surface area contributed by atoms with Gasteiger partial charge in [0.2, 0.25) is 0 Å². The van der Waals surface area contributed by atoms with Crippen molar-refractivity contribution in [2.75, 3.05) is 0 Å². The summed E-state index contributed by atoms with van der Waals surface area (Å²) in [6.07, 6.45) is 2.10. The van der Waals surface area contributed by atoms with Gasteiger partial charge in [0.15, 0.2) is 5.44 Å². The Morgan fingerprint density at radius 2 is 1.50 bits per heavy atom. The molecule has 0 saturated carbocycles. The molecule has 2 aromatic carbocycles. The smallest absolute Gasteiger partial charge is 0.151 e. The van der Waals surface area contributed by atoms with Gasteiger partial charge in [0, 0.05) is 29.3 Å². The van der Waals surface area contributed by atoms with Crippen LogP contribution >= 0.6 is 11.9 Å². The Morgan fingerprint density at radius 3 is 2.09 bits per heavy atom. The maximum atomic E-state index is 6.10. The predicted octanol–water partition coefficient (Wildman–Crippen LogP) is 5.08. The van der Waals surface area contributed by atoms with E-state index in [0.29, 0.717) is 0 Å². The molecule has 0 amide bonds. The molecule has 2 nitrogen and oxygen atoms in total. The van der Waals surface area contributed by atoms with E-state index in [4.69, 9.17) is 4.74 Å². The number of hydrogen-bond donors (Lipinski definition) is 0. The third kappa shape index (κ3) is 3.32. The van der Waals surface area contributed by atoms with Crippen LogP contribution in [0.3, 0.4) is 0 Å². The average Bonchev–Trinajstić information content (AvgIpc) is 2.56. The predicted molar refractivity (Wildman–Crippen MR) is 95.8 cm³/mol. The highest BCUT2D eigenvalue weighted by Crippen LogP contribution is 2.39. The summed E-state index contributed by atoms with van der Waals surface area (Å²) in [7, 11) is 0. The molecule has 1 atom stereocenters. The molecule has 3 heteroatoms. The molecule has 1 heterocycles. The monoisotopic (exact) mass is 309 g/mol. The molecule has 0 bridgehead atoms. The minimum absolute atomic E-state index is 0.0809. The zero-order chi connectivity index (χ0) is 15.4. The van der Waals surface area contributed by atoms with Crippen LogP contribution in [0.25, 0.3) is 11.1 Å². The number of rotatable bonds is 4. The van der Waals surface area contributed by atoms with Gasteiger partial charge in [0.1, 0.15) is 0 Å². The number of allylic oxidation sites excluding steroid dienone is 1. The fourth-order valence-electron chi connectivity index (χ4n) is 2.48. The van der Waals surface area contributed by atoms with Gasteiger partial charge in [-0.05, 0) is 25.0 Å². The zero-order valence-corrected chi connectivity index (χ0v) is 13.6. The fourth-order valence-corrected chi connectivity index (χ4v) is 3.40. The minimum atomic E-state index is -0.0809. The summed E-state index contributed by atoms with van der Waals surface area (Å²) < 4.78 is 10.6. The van der Waals surface area contributed by atoms with Crippen LogP contribution in [0.1, 0.15) is 25.0 Å². The van der Waals surface area contributed by atoms with Gasteiger partial charge in [0.05, 0.1) is 6.10 Å². The molecule has 0 aromatic heterocycles. The van der Waals surface area contributed by atoms with Crippen molar-refractivity contribution in [2.45, 2.75) is 25.4 Å². The number of hydrogen-bond acceptors (Lipinski definition) is 3. The summed E-state index contributed by atoms with van der Waals surface area (Å²) in [6, 6.07) is 20.8. The highest BCUT2D eigenvalue weighted by Gasteiger charge is 2.25. The molecule has 1 aliphatic rings. The average molecular weight is 309 g/mol. The van der Waals surface area contributed by atoms with Crippen LogP contribution in [0.4, 0.5) is 0 Å². The van der Waals surface area contributed by atoms with Gasteiger partial charge in [-0.15, -0.1) is 0 Å².